The molecular weight excluding hydrogens is 224 g/mol. The second-order valence-electron chi connectivity index (χ2n) is 5.49. The summed E-state index contributed by atoms with van der Waals surface area (Å²) >= 11 is 0. The van der Waals surface area contributed by atoms with Crippen LogP contribution < -0.4 is 0 Å². The lowest BCUT2D eigenvalue weighted by Gasteiger charge is -2.13. The third kappa shape index (κ3) is 11.0. The van der Waals surface area contributed by atoms with Crippen molar-refractivity contribution in [2.45, 2.75) is 84.3 Å². The third-order valence-corrected chi connectivity index (χ3v) is 3.71. The van der Waals surface area contributed by atoms with Crippen LogP contribution in [0.25, 0.3) is 0 Å². The molecule has 18 heavy (non-hydrogen) atoms. The lowest BCUT2D eigenvalue weighted by atomic mass is 9.97. The van der Waals surface area contributed by atoms with E-state index in [9.17, 15) is 0 Å². The van der Waals surface area contributed by atoms with E-state index in [-0.39, 0.29) is 6.29 Å². The highest BCUT2D eigenvalue weighted by Gasteiger charge is 2.04. The van der Waals surface area contributed by atoms with E-state index in [1.807, 2.05) is 0 Å². The van der Waals surface area contributed by atoms with E-state index in [0.29, 0.717) is 0 Å². The Morgan fingerprint density at radius 2 is 1.22 bits per heavy atom. The summed E-state index contributed by atoms with van der Waals surface area (Å²) in [7, 11) is 3.43. The highest BCUT2D eigenvalue weighted by Crippen LogP contribution is 2.17. The Morgan fingerprint density at radius 1 is 0.722 bits per heavy atom. The van der Waals surface area contributed by atoms with E-state index >= 15 is 0 Å². The van der Waals surface area contributed by atoms with Crippen molar-refractivity contribution in [3.8, 4) is 0 Å². The van der Waals surface area contributed by atoms with Crippen LogP contribution in [-0.4, -0.2) is 20.5 Å². The zero-order chi connectivity index (χ0) is 13.6. The van der Waals surface area contributed by atoms with Gasteiger partial charge in [-0.25, -0.2) is 0 Å². The van der Waals surface area contributed by atoms with Gasteiger partial charge in [0.25, 0.3) is 0 Å². The predicted molar refractivity (Wildman–Crippen MR) is 78.8 cm³/mol. The smallest absolute Gasteiger partial charge is 0.156 e. The van der Waals surface area contributed by atoms with Crippen molar-refractivity contribution in [1.29, 1.82) is 0 Å². The average Bonchev–Trinajstić information content (AvgIpc) is 2.39. The van der Waals surface area contributed by atoms with Crippen molar-refractivity contribution in [1.82, 2.24) is 0 Å². The molecular formula is C16H34O2. The van der Waals surface area contributed by atoms with Crippen LogP contribution in [0.1, 0.15) is 78.1 Å². The quantitative estimate of drug-likeness (QED) is 0.335. The van der Waals surface area contributed by atoms with Gasteiger partial charge in [-0.05, 0) is 18.8 Å². The summed E-state index contributed by atoms with van der Waals surface area (Å²) in [6.07, 6.45) is 13.3. The number of hydrogen-bond donors (Lipinski definition) is 0. The first-order valence-corrected chi connectivity index (χ1v) is 7.80. The average molecular weight is 258 g/mol. The van der Waals surface area contributed by atoms with Gasteiger partial charge in [-0.15, -0.1) is 0 Å². The molecule has 0 amide bonds. The van der Waals surface area contributed by atoms with Crippen molar-refractivity contribution in [2.24, 2.45) is 5.92 Å². The molecule has 1 atom stereocenters. The third-order valence-electron chi connectivity index (χ3n) is 3.71. The molecule has 0 aliphatic heterocycles. The second-order valence-corrected chi connectivity index (χ2v) is 5.49. The van der Waals surface area contributed by atoms with Crippen LogP contribution in [-0.2, 0) is 9.47 Å². The van der Waals surface area contributed by atoms with Gasteiger partial charge >= 0.3 is 0 Å². The zero-order valence-corrected chi connectivity index (χ0v) is 13.0. The Bertz CT molecular complexity index is 155. The van der Waals surface area contributed by atoms with Crippen molar-refractivity contribution in [3.63, 3.8) is 0 Å². The summed E-state index contributed by atoms with van der Waals surface area (Å²) in [5, 5.41) is 0. The molecule has 0 bridgehead atoms. The fraction of sp³-hybridized carbons (Fsp3) is 1.00. The fourth-order valence-electron chi connectivity index (χ4n) is 2.36. The molecule has 1 unspecified atom stereocenters. The molecule has 0 aliphatic rings. The first kappa shape index (κ1) is 17.9. The molecule has 0 saturated heterocycles. The molecule has 0 heterocycles. The van der Waals surface area contributed by atoms with Gasteiger partial charge < -0.3 is 9.47 Å². The van der Waals surface area contributed by atoms with Crippen molar-refractivity contribution < 1.29 is 9.47 Å². The van der Waals surface area contributed by atoms with Gasteiger partial charge in [-0.2, -0.15) is 0 Å². The molecule has 0 aromatic heterocycles. The summed E-state index contributed by atoms with van der Waals surface area (Å²) < 4.78 is 10.3. The van der Waals surface area contributed by atoms with Gasteiger partial charge in [0.05, 0.1) is 0 Å². The summed E-state index contributed by atoms with van der Waals surface area (Å²) in [4.78, 5) is 0. The number of methoxy groups -OCH3 is 2. The topological polar surface area (TPSA) is 18.5 Å². The van der Waals surface area contributed by atoms with Crippen LogP contribution in [0.3, 0.4) is 0 Å². The first-order chi connectivity index (χ1) is 8.74. The van der Waals surface area contributed by atoms with Gasteiger partial charge in [-0.3, -0.25) is 0 Å². The standard InChI is InChI=1S/C16H34O2/c1-5-6-12-15(2)13-10-8-7-9-11-14-16(17-3)18-4/h15-16H,5-14H2,1-4H3. The zero-order valence-electron chi connectivity index (χ0n) is 13.0. The second kappa shape index (κ2) is 13.4. The minimum atomic E-state index is -0.000865. The number of rotatable bonds is 13. The monoisotopic (exact) mass is 258 g/mol. The van der Waals surface area contributed by atoms with Crippen LogP contribution >= 0.6 is 0 Å². The van der Waals surface area contributed by atoms with Crippen LogP contribution in [0.15, 0.2) is 0 Å². The molecule has 2 nitrogen and oxygen atoms in total. The van der Waals surface area contributed by atoms with Gasteiger partial charge in [0.2, 0.25) is 0 Å². The van der Waals surface area contributed by atoms with Crippen LogP contribution in [0.2, 0.25) is 0 Å². The normalized spacial score (nSPS) is 13.2. The molecule has 0 spiro atoms. The minimum Gasteiger partial charge on any atom is -0.356 e. The van der Waals surface area contributed by atoms with Crippen LogP contribution in [0, 0.1) is 5.92 Å². The summed E-state index contributed by atoms with van der Waals surface area (Å²) in [6.45, 7) is 4.68. The molecule has 0 fully saturated rings. The Hall–Kier alpha value is -0.0800. The highest BCUT2D eigenvalue weighted by atomic mass is 16.7. The van der Waals surface area contributed by atoms with Crippen LogP contribution in [0.4, 0.5) is 0 Å². The molecule has 0 saturated carbocycles. The van der Waals surface area contributed by atoms with Gasteiger partial charge in [0.15, 0.2) is 6.29 Å². The van der Waals surface area contributed by atoms with Crippen molar-refractivity contribution in [3.05, 3.63) is 0 Å². The number of ether oxygens (including phenoxy) is 2. The van der Waals surface area contributed by atoms with Gasteiger partial charge in [-0.1, -0.05) is 65.2 Å². The van der Waals surface area contributed by atoms with Gasteiger partial charge in [0, 0.05) is 14.2 Å². The molecule has 0 N–H and O–H groups in total. The SMILES string of the molecule is CCCCC(C)CCCCCCCC(OC)OC. The molecule has 2 heteroatoms. The molecule has 0 aromatic carbocycles. The Balaban J connectivity index is 3.20. The minimum absolute atomic E-state index is 0.000865. The van der Waals surface area contributed by atoms with E-state index in [4.69, 9.17) is 9.47 Å². The lowest BCUT2D eigenvalue weighted by Crippen LogP contribution is -2.12. The molecule has 0 rings (SSSR count). The van der Waals surface area contributed by atoms with E-state index in [2.05, 4.69) is 13.8 Å². The lowest BCUT2D eigenvalue weighted by molar-refractivity contribution is -0.107. The van der Waals surface area contributed by atoms with E-state index in [0.717, 1.165) is 12.3 Å². The maximum Gasteiger partial charge on any atom is 0.156 e. The van der Waals surface area contributed by atoms with Crippen molar-refractivity contribution in [2.75, 3.05) is 14.2 Å². The highest BCUT2D eigenvalue weighted by molar-refractivity contribution is 4.54. The Kier molecular flexibility index (Phi) is 13.3. The Labute approximate surface area is 114 Å². The summed E-state index contributed by atoms with van der Waals surface area (Å²) in [5.41, 5.74) is 0. The van der Waals surface area contributed by atoms with Crippen LogP contribution in [0.5, 0.6) is 0 Å². The van der Waals surface area contributed by atoms with E-state index in [1.165, 1.54) is 57.8 Å². The number of unbranched alkanes of at least 4 members (excludes halogenated alkanes) is 5. The predicted octanol–water partition coefficient (Wildman–Crippen LogP) is 5.16. The molecule has 0 aromatic rings. The van der Waals surface area contributed by atoms with Gasteiger partial charge in [0.1, 0.15) is 0 Å². The van der Waals surface area contributed by atoms with E-state index < -0.39 is 0 Å². The number of hydrogen-bond acceptors (Lipinski definition) is 2. The summed E-state index contributed by atoms with van der Waals surface area (Å²) in [6, 6.07) is 0. The van der Waals surface area contributed by atoms with Crippen molar-refractivity contribution >= 4 is 0 Å². The maximum absolute atomic E-state index is 5.17. The molecule has 110 valence electrons. The summed E-state index contributed by atoms with van der Waals surface area (Å²) in [5.74, 6) is 0.927. The first-order valence-electron chi connectivity index (χ1n) is 7.80. The largest absolute Gasteiger partial charge is 0.356 e. The maximum atomic E-state index is 5.17. The Morgan fingerprint density at radius 3 is 1.78 bits per heavy atom. The molecule has 0 radical (unpaired) electrons. The molecule has 0 aliphatic carbocycles. The van der Waals surface area contributed by atoms with E-state index in [1.54, 1.807) is 14.2 Å². The fourth-order valence-corrected chi connectivity index (χ4v) is 2.36.